The zero-order valence-corrected chi connectivity index (χ0v) is 15.6. The molecule has 1 aromatic heterocycles. The molecule has 0 saturated heterocycles. The van der Waals surface area contributed by atoms with Gasteiger partial charge < -0.3 is 0 Å². The molecule has 3 aromatic carbocycles. The largest absolute Gasteiger partial charge is 0.237 e. The van der Waals surface area contributed by atoms with E-state index in [0.29, 0.717) is 0 Å². The van der Waals surface area contributed by atoms with Crippen LogP contribution in [0.3, 0.4) is 0 Å². The van der Waals surface area contributed by atoms with E-state index < -0.39 is 0 Å². The number of hydrogen-bond donors (Lipinski definition) is 0. The number of para-hydroxylation sites is 1. The van der Waals surface area contributed by atoms with Crippen LogP contribution < -0.4 is 0 Å². The normalized spacial score (nSPS) is 10.1. The van der Waals surface area contributed by atoms with E-state index in [2.05, 4.69) is 67.6 Å². The van der Waals surface area contributed by atoms with Crippen molar-refractivity contribution in [2.24, 2.45) is 0 Å². The van der Waals surface area contributed by atoms with Gasteiger partial charge in [-0.25, -0.2) is 4.68 Å². The van der Waals surface area contributed by atoms with Gasteiger partial charge in [-0.2, -0.15) is 5.10 Å². The molecule has 2 nitrogen and oxygen atoms in total. The maximum Gasteiger partial charge on any atom is 0.101 e. The molecule has 0 atom stereocenters. The zero-order valence-electron chi connectivity index (χ0n) is 15.6. The van der Waals surface area contributed by atoms with E-state index in [-0.39, 0.29) is 0 Å². The highest BCUT2D eigenvalue weighted by molar-refractivity contribution is 5.83. The third-order valence-corrected chi connectivity index (χ3v) is 4.23. The summed E-state index contributed by atoms with van der Waals surface area (Å²) >= 11 is 0. The van der Waals surface area contributed by atoms with E-state index in [1.54, 1.807) is 0 Å². The Morgan fingerprint density at radius 1 is 0.615 bits per heavy atom. The summed E-state index contributed by atoms with van der Waals surface area (Å²) in [5.41, 5.74) is 6.75. The average molecular weight is 340 g/mol. The van der Waals surface area contributed by atoms with Crippen molar-refractivity contribution >= 4 is 0 Å². The quantitative estimate of drug-likeness (QED) is 0.414. The molecule has 4 aromatic rings. The smallest absolute Gasteiger partial charge is 0.101 e. The fraction of sp³-hybridized carbons (Fsp3) is 0.125. The van der Waals surface area contributed by atoms with Gasteiger partial charge in [0.25, 0.3) is 0 Å². The second-order valence-corrected chi connectivity index (χ2v) is 5.79. The Balaban J connectivity index is 0.000000948. The lowest BCUT2D eigenvalue weighted by Crippen LogP contribution is -1.98. The fourth-order valence-corrected chi connectivity index (χ4v) is 3.07. The Bertz CT molecular complexity index is 940. The second kappa shape index (κ2) is 8.30. The van der Waals surface area contributed by atoms with Crippen molar-refractivity contribution in [2.75, 3.05) is 0 Å². The van der Waals surface area contributed by atoms with Crippen LogP contribution in [0, 0.1) is 6.92 Å². The number of benzene rings is 3. The van der Waals surface area contributed by atoms with Crippen molar-refractivity contribution < 1.29 is 0 Å². The average Bonchev–Trinajstić information content (AvgIpc) is 3.08. The molecule has 0 saturated carbocycles. The van der Waals surface area contributed by atoms with Crippen molar-refractivity contribution in [3.63, 3.8) is 0 Å². The molecule has 0 amide bonds. The lowest BCUT2D eigenvalue weighted by Gasteiger charge is -2.05. The van der Waals surface area contributed by atoms with Gasteiger partial charge in [-0.05, 0) is 24.6 Å². The van der Waals surface area contributed by atoms with Crippen LogP contribution in [0.15, 0.2) is 91.0 Å². The minimum Gasteiger partial charge on any atom is -0.237 e. The standard InChI is InChI=1S/C22H18N2.C2H6/c1-17-21(18-11-5-2-6-12-18)22(19-13-7-3-8-14-19)23-24(17)20-15-9-4-10-16-20;1-2/h2-16H,1H3;1-2H3. The minimum atomic E-state index is 1.02. The summed E-state index contributed by atoms with van der Waals surface area (Å²) in [5.74, 6) is 0. The molecule has 2 heteroatoms. The maximum atomic E-state index is 4.94. The molecule has 0 spiro atoms. The monoisotopic (exact) mass is 340 g/mol. The van der Waals surface area contributed by atoms with Crippen LogP contribution in [-0.4, -0.2) is 9.78 Å². The molecule has 0 fully saturated rings. The van der Waals surface area contributed by atoms with Gasteiger partial charge in [0.2, 0.25) is 0 Å². The first-order valence-electron chi connectivity index (χ1n) is 9.10. The highest BCUT2D eigenvalue weighted by Crippen LogP contribution is 2.35. The van der Waals surface area contributed by atoms with E-state index in [9.17, 15) is 0 Å². The van der Waals surface area contributed by atoms with Crippen LogP contribution in [0.2, 0.25) is 0 Å². The first-order valence-corrected chi connectivity index (χ1v) is 9.10. The van der Waals surface area contributed by atoms with Crippen LogP contribution in [0.1, 0.15) is 19.5 Å². The van der Waals surface area contributed by atoms with Gasteiger partial charge in [-0.3, -0.25) is 0 Å². The van der Waals surface area contributed by atoms with Crippen molar-refractivity contribution in [3.8, 4) is 28.1 Å². The number of nitrogens with zero attached hydrogens (tertiary/aromatic N) is 2. The Morgan fingerprint density at radius 3 is 1.62 bits per heavy atom. The first-order chi connectivity index (χ1) is 12.8. The topological polar surface area (TPSA) is 17.8 Å². The number of hydrogen-bond acceptors (Lipinski definition) is 1. The van der Waals surface area contributed by atoms with Gasteiger partial charge in [-0.1, -0.05) is 92.7 Å². The van der Waals surface area contributed by atoms with Crippen LogP contribution in [0.25, 0.3) is 28.1 Å². The lowest BCUT2D eigenvalue weighted by atomic mass is 9.99. The van der Waals surface area contributed by atoms with Crippen LogP contribution in [0.4, 0.5) is 0 Å². The zero-order chi connectivity index (χ0) is 18.4. The molecule has 0 radical (unpaired) electrons. The summed E-state index contributed by atoms with van der Waals surface area (Å²) in [6, 6.07) is 31.1. The van der Waals surface area contributed by atoms with E-state index in [4.69, 9.17) is 5.10 Å². The van der Waals surface area contributed by atoms with Crippen molar-refractivity contribution in [1.29, 1.82) is 0 Å². The highest BCUT2D eigenvalue weighted by atomic mass is 15.3. The van der Waals surface area contributed by atoms with Crippen LogP contribution >= 0.6 is 0 Å². The molecule has 26 heavy (non-hydrogen) atoms. The molecule has 0 aliphatic rings. The third kappa shape index (κ3) is 3.45. The number of rotatable bonds is 3. The summed E-state index contributed by atoms with van der Waals surface area (Å²) in [6.07, 6.45) is 0. The van der Waals surface area contributed by atoms with Crippen molar-refractivity contribution in [3.05, 3.63) is 96.7 Å². The number of aromatic nitrogens is 2. The third-order valence-electron chi connectivity index (χ3n) is 4.23. The van der Waals surface area contributed by atoms with Gasteiger partial charge in [-0.15, -0.1) is 0 Å². The Hall–Kier alpha value is -3.13. The summed E-state index contributed by atoms with van der Waals surface area (Å²) in [6.45, 7) is 6.13. The molecule has 0 N–H and O–H groups in total. The fourth-order valence-electron chi connectivity index (χ4n) is 3.07. The first kappa shape index (κ1) is 17.7. The molecule has 0 unspecified atom stereocenters. The van der Waals surface area contributed by atoms with Crippen LogP contribution in [0.5, 0.6) is 0 Å². The predicted octanol–water partition coefficient (Wildman–Crippen LogP) is 6.54. The van der Waals surface area contributed by atoms with Crippen molar-refractivity contribution in [1.82, 2.24) is 9.78 Å². The molecule has 0 aliphatic heterocycles. The van der Waals surface area contributed by atoms with Gasteiger partial charge in [0.15, 0.2) is 0 Å². The molecule has 1 heterocycles. The predicted molar refractivity (Wildman–Crippen MR) is 111 cm³/mol. The van der Waals surface area contributed by atoms with Gasteiger partial charge in [0.1, 0.15) is 5.69 Å². The molecule has 130 valence electrons. The van der Waals surface area contributed by atoms with Crippen LogP contribution in [-0.2, 0) is 0 Å². The van der Waals surface area contributed by atoms with E-state index >= 15 is 0 Å². The SMILES string of the molecule is CC.Cc1c(-c2ccccc2)c(-c2ccccc2)nn1-c1ccccc1. The van der Waals surface area contributed by atoms with E-state index in [0.717, 1.165) is 22.6 Å². The minimum absolute atomic E-state index is 1.02. The lowest BCUT2D eigenvalue weighted by molar-refractivity contribution is 0.850. The Labute approximate surface area is 155 Å². The molecule has 0 bridgehead atoms. The maximum absolute atomic E-state index is 4.94. The second-order valence-electron chi connectivity index (χ2n) is 5.79. The molecule has 0 aliphatic carbocycles. The van der Waals surface area contributed by atoms with E-state index in [1.807, 2.05) is 48.9 Å². The Morgan fingerprint density at radius 2 is 1.08 bits per heavy atom. The summed E-state index contributed by atoms with van der Waals surface area (Å²) < 4.78 is 2.03. The summed E-state index contributed by atoms with van der Waals surface area (Å²) in [7, 11) is 0. The van der Waals surface area contributed by atoms with Gasteiger partial charge in [0, 0.05) is 16.8 Å². The molecule has 4 rings (SSSR count). The summed E-state index contributed by atoms with van der Waals surface area (Å²) in [4.78, 5) is 0. The van der Waals surface area contributed by atoms with Crippen molar-refractivity contribution in [2.45, 2.75) is 20.8 Å². The molecular weight excluding hydrogens is 316 g/mol. The highest BCUT2D eigenvalue weighted by Gasteiger charge is 2.18. The van der Waals surface area contributed by atoms with E-state index in [1.165, 1.54) is 11.1 Å². The summed E-state index contributed by atoms with van der Waals surface area (Å²) in [5, 5.41) is 4.94. The van der Waals surface area contributed by atoms with Gasteiger partial charge in [0.05, 0.1) is 5.69 Å². The Kier molecular flexibility index (Phi) is 5.65. The van der Waals surface area contributed by atoms with Gasteiger partial charge >= 0.3 is 0 Å². The molecular formula is C24H24N2.